The van der Waals surface area contributed by atoms with E-state index in [0.29, 0.717) is 6.54 Å². The predicted octanol–water partition coefficient (Wildman–Crippen LogP) is 2.33. The third-order valence-electron chi connectivity index (χ3n) is 3.98. The van der Waals surface area contributed by atoms with Gasteiger partial charge in [0, 0.05) is 19.7 Å². The molecule has 1 aliphatic heterocycles. The molecule has 4 heteroatoms. The summed E-state index contributed by atoms with van der Waals surface area (Å²) >= 11 is 0. The second-order valence-electron chi connectivity index (χ2n) is 5.39. The third-order valence-corrected chi connectivity index (χ3v) is 3.98. The van der Waals surface area contributed by atoms with E-state index in [0.717, 1.165) is 29.9 Å². The van der Waals surface area contributed by atoms with Crippen LogP contribution in [0.3, 0.4) is 0 Å². The average Bonchev–Trinajstić information content (AvgIpc) is 2.80. The molecular weight excluding hydrogens is 262 g/mol. The van der Waals surface area contributed by atoms with Crippen LogP contribution in [0.5, 0.6) is 0 Å². The summed E-state index contributed by atoms with van der Waals surface area (Å²) in [7, 11) is 1.94. The molecule has 0 bridgehead atoms. The number of benzene rings is 1. The zero-order chi connectivity index (χ0) is 14.8. The monoisotopic (exact) mass is 281 g/mol. The van der Waals surface area contributed by atoms with Crippen molar-refractivity contribution in [2.45, 2.75) is 19.9 Å². The Balaban J connectivity index is 1.73. The number of nitrogens with zero attached hydrogens (tertiary/aromatic N) is 3. The average molecular weight is 281 g/mol. The van der Waals surface area contributed by atoms with Crippen LogP contribution in [0.4, 0.5) is 0 Å². The largest absolute Gasteiger partial charge is 0.333 e. The normalized spacial score (nSPS) is 14.5. The van der Waals surface area contributed by atoms with Crippen molar-refractivity contribution < 1.29 is 4.79 Å². The maximum Gasteiger partial charge on any atom is 0.246 e. The number of carbonyl (C=O) groups is 1. The SMILES string of the molecule is Cc1nn(C)c2c1CCN(C(=O)/C=C/c1ccccc1)C2. The molecule has 0 radical (unpaired) electrons. The smallest absolute Gasteiger partial charge is 0.246 e. The fourth-order valence-electron chi connectivity index (χ4n) is 2.80. The highest BCUT2D eigenvalue weighted by atomic mass is 16.2. The number of hydrogen-bond donors (Lipinski definition) is 0. The Labute approximate surface area is 124 Å². The van der Waals surface area contributed by atoms with Crippen molar-refractivity contribution in [1.82, 2.24) is 14.7 Å². The quantitative estimate of drug-likeness (QED) is 0.792. The van der Waals surface area contributed by atoms with Crippen molar-refractivity contribution in [2.24, 2.45) is 7.05 Å². The third kappa shape index (κ3) is 2.75. The molecule has 0 atom stereocenters. The Bertz CT molecular complexity index is 686. The van der Waals surface area contributed by atoms with Crippen LogP contribution in [0, 0.1) is 6.92 Å². The fraction of sp³-hybridized carbons (Fsp3) is 0.294. The van der Waals surface area contributed by atoms with E-state index in [1.54, 1.807) is 6.08 Å². The number of rotatable bonds is 2. The van der Waals surface area contributed by atoms with Crippen LogP contribution in [-0.4, -0.2) is 27.1 Å². The second-order valence-corrected chi connectivity index (χ2v) is 5.39. The number of aryl methyl sites for hydroxylation is 2. The summed E-state index contributed by atoms with van der Waals surface area (Å²) in [6.45, 7) is 3.44. The van der Waals surface area contributed by atoms with Crippen LogP contribution in [0.25, 0.3) is 6.08 Å². The summed E-state index contributed by atoms with van der Waals surface area (Å²) in [6.07, 6.45) is 4.41. The van der Waals surface area contributed by atoms with Gasteiger partial charge in [-0.3, -0.25) is 9.48 Å². The van der Waals surface area contributed by atoms with Crippen molar-refractivity contribution in [2.75, 3.05) is 6.54 Å². The maximum absolute atomic E-state index is 12.3. The molecule has 2 aromatic rings. The van der Waals surface area contributed by atoms with Crippen molar-refractivity contribution in [3.05, 3.63) is 58.9 Å². The molecule has 0 aliphatic carbocycles. The molecule has 21 heavy (non-hydrogen) atoms. The number of fused-ring (bicyclic) bond motifs is 1. The predicted molar refractivity (Wildman–Crippen MR) is 82.5 cm³/mol. The summed E-state index contributed by atoms with van der Waals surface area (Å²) in [5.41, 5.74) is 4.58. The first-order chi connectivity index (χ1) is 10.1. The van der Waals surface area contributed by atoms with E-state index in [1.807, 2.05) is 60.0 Å². The summed E-state index contributed by atoms with van der Waals surface area (Å²) < 4.78 is 1.89. The fourth-order valence-corrected chi connectivity index (χ4v) is 2.80. The second kappa shape index (κ2) is 5.56. The molecule has 0 N–H and O–H groups in total. The Morgan fingerprint density at radius 3 is 2.81 bits per heavy atom. The van der Waals surface area contributed by atoms with Crippen molar-refractivity contribution >= 4 is 12.0 Å². The number of carbonyl (C=O) groups excluding carboxylic acids is 1. The van der Waals surface area contributed by atoms with Gasteiger partial charge < -0.3 is 4.90 Å². The molecule has 1 aromatic heterocycles. The van der Waals surface area contributed by atoms with Crippen molar-refractivity contribution in [3.63, 3.8) is 0 Å². The number of aromatic nitrogens is 2. The molecule has 0 spiro atoms. The van der Waals surface area contributed by atoms with E-state index in [2.05, 4.69) is 5.10 Å². The molecule has 4 nitrogen and oxygen atoms in total. The number of hydrogen-bond acceptors (Lipinski definition) is 2. The molecule has 0 unspecified atom stereocenters. The van der Waals surface area contributed by atoms with Gasteiger partial charge in [0.15, 0.2) is 0 Å². The van der Waals surface area contributed by atoms with Crippen LogP contribution in [0.2, 0.25) is 0 Å². The molecule has 1 aromatic carbocycles. The zero-order valence-electron chi connectivity index (χ0n) is 12.4. The lowest BCUT2D eigenvalue weighted by Gasteiger charge is -2.26. The Kier molecular flexibility index (Phi) is 3.60. The highest BCUT2D eigenvalue weighted by molar-refractivity contribution is 5.91. The summed E-state index contributed by atoms with van der Waals surface area (Å²) in [5, 5.41) is 4.44. The Morgan fingerprint density at radius 2 is 2.05 bits per heavy atom. The standard InChI is InChI=1S/C17H19N3O/c1-13-15-10-11-20(12-16(15)19(2)18-13)17(21)9-8-14-6-4-3-5-7-14/h3-9H,10-12H2,1-2H3/b9-8+. The van der Waals surface area contributed by atoms with Gasteiger partial charge >= 0.3 is 0 Å². The highest BCUT2D eigenvalue weighted by Gasteiger charge is 2.23. The van der Waals surface area contributed by atoms with Crippen molar-refractivity contribution in [1.29, 1.82) is 0 Å². The molecule has 0 saturated carbocycles. The molecule has 2 heterocycles. The highest BCUT2D eigenvalue weighted by Crippen LogP contribution is 2.21. The van der Waals surface area contributed by atoms with E-state index < -0.39 is 0 Å². The molecule has 0 saturated heterocycles. The van der Waals surface area contributed by atoms with Gasteiger partial charge in [0.05, 0.1) is 17.9 Å². The van der Waals surface area contributed by atoms with E-state index >= 15 is 0 Å². The van der Waals surface area contributed by atoms with E-state index in [9.17, 15) is 4.79 Å². The molecule has 1 aliphatic rings. The first-order valence-electron chi connectivity index (χ1n) is 7.18. The minimum atomic E-state index is 0.0587. The first-order valence-corrected chi connectivity index (χ1v) is 7.18. The first kappa shape index (κ1) is 13.6. The lowest BCUT2D eigenvalue weighted by Crippen LogP contribution is -2.35. The summed E-state index contributed by atoms with van der Waals surface area (Å²) in [4.78, 5) is 14.2. The topological polar surface area (TPSA) is 38.1 Å². The lowest BCUT2D eigenvalue weighted by molar-refractivity contribution is -0.126. The van der Waals surface area contributed by atoms with Gasteiger partial charge in [0.2, 0.25) is 5.91 Å². The van der Waals surface area contributed by atoms with Gasteiger partial charge in [-0.25, -0.2) is 0 Å². The van der Waals surface area contributed by atoms with Gasteiger partial charge in [-0.1, -0.05) is 30.3 Å². The van der Waals surface area contributed by atoms with Gasteiger partial charge in [-0.2, -0.15) is 5.10 Å². The molecule has 0 fully saturated rings. The van der Waals surface area contributed by atoms with Crippen LogP contribution >= 0.6 is 0 Å². The van der Waals surface area contributed by atoms with Crippen LogP contribution in [-0.2, 0) is 24.8 Å². The van der Waals surface area contributed by atoms with Gasteiger partial charge in [-0.05, 0) is 30.5 Å². The maximum atomic E-state index is 12.3. The molecule has 1 amide bonds. The minimum Gasteiger partial charge on any atom is -0.333 e. The van der Waals surface area contributed by atoms with Gasteiger partial charge in [0.1, 0.15) is 0 Å². The molecule has 3 rings (SSSR count). The van der Waals surface area contributed by atoms with E-state index in [4.69, 9.17) is 0 Å². The lowest BCUT2D eigenvalue weighted by atomic mass is 10.0. The summed E-state index contributed by atoms with van der Waals surface area (Å²) in [6, 6.07) is 9.88. The minimum absolute atomic E-state index is 0.0587. The molecule has 108 valence electrons. The van der Waals surface area contributed by atoms with Gasteiger partial charge in [-0.15, -0.1) is 0 Å². The van der Waals surface area contributed by atoms with Crippen molar-refractivity contribution in [3.8, 4) is 0 Å². The zero-order valence-corrected chi connectivity index (χ0v) is 12.4. The van der Waals surface area contributed by atoms with Gasteiger partial charge in [0.25, 0.3) is 0 Å². The Hall–Kier alpha value is -2.36. The van der Waals surface area contributed by atoms with Crippen LogP contribution < -0.4 is 0 Å². The van der Waals surface area contributed by atoms with Crippen LogP contribution in [0.15, 0.2) is 36.4 Å². The number of amides is 1. The van der Waals surface area contributed by atoms with E-state index in [1.165, 1.54) is 5.56 Å². The summed E-state index contributed by atoms with van der Waals surface area (Å²) in [5.74, 6) is 0.0587. The van der Waals surface area contributed by atoms with E-state index in [-0.39, 0.29) is 5.91 Å². The van der Waals surface area contributed by atoms with Crippen LogP contribution in [0.1, 0.15) is 22.5 Å². The molecular formula is C17H19N3O. The Morgan fingerprint density at radius 1 is 1.29 bits per heavy atom.